The zero-order valence-corrected chi connectivity index (χ0v) is 11.3. The van der Waals surface area contributed by atoms with Crippen molar-refractivity contribution in [2.75, 3.05) is 13.6 Å². The van der Waals surface area contributed by atoms with Crippen molar-refractivity contribution in [3.63, 3.8) is 0 Å². The summed E-state index contributed by atoms with van der Waals surface area (Å²) < 4.78 is 0. The maximum Gasteiger partial charge on any atom is 0.0702 e. The van der Waals surface area contributed by atoms with Gasteiger partial charge in [-0.15, -0.1) is 0 Å². The first-order chi connectivity index (χ1) is 9.22. The van der Waals surface area contributed by atoms with Crippen LogP contribution >= 0.6 is 0 Å². The van der Waals surface area contributed by atoms with Crippen molar-refractivity contribution in [3.05, 3.63) is 42.1 Å². The molecule has 3 nitrogen and oxygen atoms in total. The van der Waals surface area contributed by atoms with Gasteiger partial charge in [-0.1, -0.05) is 12.1 Å². The van der Waals surface area contributed by atoms with E-state index in [1.54, 1.807) is 0 Å². The summed E-state index contributed by atoms with van der Waals surface area (Å²) in [5, 5.41) is 11.1. The zero-order chi connectivity index (χ0) is 13.2. The van der Waals surface area contributed by atoms with Crippen molar-refractivity contribution in [2.45, 2.75) is 25.5 Å². The fraction of sp³-hybridized carbons (Fsp3) is 0.438. The summed E-state index contributed by atoms with van der Waals surface area (Å²) in [7, 11) is 2.07. The summed E-state index contributed by atoms with van der Waals surface area (Å²) >= 11 is 0. The third kappa shape index (κ3) is 3.11. The molecule has 0 bridgehead atoms. The average molecular weight is 256 g/mol. The molecule has 1 fully saturated rings. The zero-order valence-electron chi connectivity index (χ0n) is 11.3. The Morgan fingerprint density at radius 3 is 3.00 bits per heavy atom. The average Bonchev–Trinajstić information content (AvgIpc) is 3.22. The van der Waals surface area contributed by atoms with Gasteiger partial charge in [0.25, 0.3) is 0 Å². The summed E-state index contributed by atoms with van der Waals surface area (Å²) in [5.74, 6) is 0.545. The monoisotopic (exact) mass is 256 g/mol. The van der Waals surface area contributed by atoms with Crippen LogP contribution in [0.25, 0.3) is 10.9 Å². The molecule has 1 heterocycles. The van der Waals surface area contributed by atoms with E-state index in [2.05, 4.69) is 41.2 Å². The van der Waals surface area contributed by atoms with Gasteiger partial charge < -0.3 is 5.11 Å². The van der Waals surface area contributed by atoms with E-state index in [1.807, 2.05) is 12.3 Å². The molecule has 0 radical (unpaired) electrons. The molecule has 1 atom stereocenters. The fourth-order valence-electron chi connectivity index (χ4n) is 2.55. The first kappa shape index (κ1) is 12.6. The number of aliphatic hydroxyl groups excluding tert-OH is 1. The molecule has 3 heteroatoms. The molecular weight excluding hydrogens is 236 g/mol. The van der Waals surface area contributed by atoms with Gasteiger partial charge in [0.1, 0.15) is 0 Å². The number of pyridine rings is 1. The topological polar surface area (TPSA) is 36.4 Å². The molecule has 0 saturated heterocycles. The highest BCUT2D eigenvalue weighted by molar-refractivity contribution is 5.78. The van der Waals surface area contributed by atoms with Crippen molar-refractivity contribution in [2.24, 2.45) is 5.92 Å². The number of nitrogens with zero attached hydrogens (tertiary/aromatic N) is 2. The summed E-state index contributed by atoms with van der Waals surface area (Å²) in [4.78, 5) is 6.52. The number of aromatic nitrogens is 1. The minimum absolute atomic E-state index is 0.160. The molecule has 0 spiro atoms. The molecule has 1 aromatic heterocycles. The van der Waals surface area contributed by atoms with Crippen LogP contribution in [0.1, 0.15) is 18.4 Å². The summed E-state index contributed by atoms with van der Waals surface area (Å²) in [6, 6.07) is 10.4. The van der Waals surface area contributed by atoms with Gasteiger partial charge in [0.15, 0.2) is 0 Å². The first-order valence-corrected chi connectivity index (χ1v) is 6.92. The Morgan fingerprint density at radius 2 is 2.21 bits per heavy atom. The second-order valence-corrected chi connectivity index (χ2v) is 5.63. The van der Waals surface area contributed by atoms with Crippen molar-refractivity contribution < 1.29 is 5.11 Å². The highest BCUT2D eigenvalue weighted by Crippen LogP contribution is 2.32. The molecule has 2 aromatic rings. The largest absolute Gasteiger partial charge is 0.392 e. The van der Waals surface area contributed by atoms with Gasteiger partial charge in [-0.25, -0.2) is 0 Å². The number of rotatable bonds is 5. The molecule has 1 aromatic carbocycles. The van der Waals surface area contributed by atoms with Gasteiger partial charge in [0.05, 0.1) is 11.6 Å². The van der Waals surface area contributed by atoms with E-state index < -0.39 is 0 Å². The number of fused-ring (bicyclic) bond motifs is 1. The van der Waals surface area contributed by atoms with Crippen molar-refractivity contribution in [1.82, 2.24) is 9.88 Å². The van der Waals surface area contributed by atoms with Crippen LogP contribution < -0.4 is 0 Å². The van der Waals surface area contributed by atoms with Crippen LogP contribution in [0.4, 0.5) is 0 Å². The Hall–Kier alpha value is -1.45. The van der Waals surface area contributed by atoms with E-state index in [-0.39, 0.29) is 6.10 Å². The standard InChI is InChI=1S/C16H20N2O/c1-18(11-16(19)13-5-6-13)10-12-4-7-15-14(9-12)3-2-8-17-15/h2-4,7-9,13,16,19H,5-6,10-11H2,1H3. The predicted octanol–water partition coefficient (Wildman–Crippen LogP) is 2.44. The van der Waals surface area contributed by atoms with Gasteiger partial charge in [0, 0.05) is 24.7 Å². The molecule has 1 aliphatic rings. The third-order valence-electron chi connectivity index (χ3n) is 3.78. The van der Waals surface area contributed by atoms with Crippen LogP contribution in [0.3, 0.4) is 0 Å². The summed E-state index contributed by atoms with van der Waals surface area (Å²) in [5.41, 5.74) is 2.30. The Morgan fingerprint density at radius 1 is 1.37 bits per heavy atom. The Labute approximate surface area is 113 Å². The Kier molecular flexibility index (Phi) is 3.49. The molecule has 1 unspecified atom stereocenters. The number of hydrogen-bond donors (Lipinski definition) is 1. The van der Waals surface area contributed by atoms with Crippen LogP contribution in [-0.4, -0.2) is 34.7 Å². The van der Waals surface area contributed by atoms with Gasteiger partial charge in [0.2, 0.25) is 0 Å². The maximum absolute atomic E-state index is 9.96. The third-order valence-corrected chi connectivity index (χ3v) is 3.78. The second kappa shape index (κ2) is 5.27. The van der Waals surface area contributed by atoms with Crippen molar-refractivity contribution in [1.29, 1.82) is 0 Å². The van der Waals surface area contributed by atoms with Gasteiger partial charge in [-0.3, -0.25) is 9.88 Å². The molecule has 1 aliphatic carbocycles. The van der Waals surface area contributed by atoms with E-state index in [0.29, 0.717) is 5.92 Å². The van der Waals surface area contributed by atoms with Gasteiger partial charge in [-0.05, 0) is 49.6 Å². The smallest absolute Gasteiger partial charge is 0.0702 e. The van der Waals surface area contributed by atoms with Gasteiger partial charge in [-0.2, -0.15) is 0 Å². The van der Waals surface area contributed by atoms with E-state index in [4.69, 9.17) is 0 Å². The summed E-state index contributed by atoms with van der Waals surface area (Å²) in [6.45, 7) is 1.63. The number of hydrogen-bond acceptors (Lipinski definition) is 3. The minimum atomic E-state index is -0.160. The quantitative estimate of drug-likeness (QED) is 0.892. The van der Waals surface area contributed by atoms with E-state index in [1.165, 1.54) is 23.8 Å². The van der Waals surface area contributed by atoms with E-state index in [0.717, 1.165) is 18.6 Å². The van der Waals surface area contributed by atoms with Crippen LogP contribution in [0.2, 0.25) is 0 Å². The molecular formula is C16H20N2O. The lowest BCUT2D eigenvalue weighted by atomic mass is 10.1. The van der Waals surface area contributed by atoms with Crippen LogP contribution in [0.15, 0.2) is 36.5 Å². The van der Waals surface area contributed by atoms with E-state index >= 15 is 0 Å². The van der Waals surface area contributed by atoms with Crippen molar-refractivity contribution in [3.8, 4) is 0 Å². The highest BCUT2D eigenvalue weighted by Gasteiger charge is 2.30. The Balaban J connectivity index is 1.66. The van der Waals surface area contributed by atoms with E-state index in [9.17, 15) is 5.11 Å². The SMILES string of the molecule is CN(Cc1ccc2ncccc2c1)CC(O)C1CC1. The predicted molar refractivity (Wildman–Crippen MR) is 76.8 cm³/mol. The molecule has 1 N–H and O–H groups in total. The first-order valence-electron chi connectivity index (χ1n) is 6.92. The highest BCUT2D eigenvalue weighted by atomic mass is 16.3. The molecule has 0 amide bonds. The number of aliphatic hydroxyl groups is 1. The van der Waals surface area contributed by atoms with Crippen molar-refractivity contribution >= 4 is 10.9 Å². The maximum atomic E-state index is 9.96. The van der Waals surface area contributed by atoms with Gasteiger partial charge >= 0.3 is 0 Å². The number of likely N-dealkylation sites (N-methyl/N-ethyl adjacent to an activating group) is 1. The molecule has 0 aliphatic heterocycles. The summed E-state index contributed by atoms with van der Waals surface area (Å²) in [6.07, 6.45) is 4.04. The molecule has 100 valence electrons. The second-order valence-electron chi connectivity index (χ2n) is 5.63. The van der Waals surface area contributed by atoms with Crippen LogP contribution in [0.5, 0.6) is 0 Å². The fourth-order valence-corrected chi connectivity index (χ4v) is 2.55. The molecule has 3 rings (SSSR count). The van der Waals surface area contributed by atoms with Crippen LogP contribution in [-0.2, 0) is 6.54 Å². The lowest BCUT2D eigenvalue weighted by Crippen LogP contribution is -2.30. The molecule has 19 heavy (non-hydrogen) atoms. The lowest BCUT2D eigenvalue weighted by Gasteiger charge is -2.20. The minimum Gasteiger partial charge on any atom is -0.392 e. The number of benzene rings is 1. The Bertz CT molecular complexity index is 565. The normalized spacial score (nSPS) is 17.0. The van der Waals surface area contributed by atoms with Crippen LogP contribution in [0, 0.1) is 5.92 Å². The lowest BCUT2D eigenvalue weighted by molar-refractivity contribution is 0.104. The molecule has 1 saturated carbocycles.